The predicted octanol–water partition coefficient (Wildman–Crippen LogP) is 2.28. The molecule has 1 aliphatic rings. The molecule has 0 spiro atoms. The van der Waals surface area contributed by atoms with Crippen LogP contribution in [0.15, 0.2) is 24.4 Å². The summed E-state index contributed by atoms with van der Waals surface area (Å²) in [4.78, 5) is 14.8. The standard InChI is InChI=1S/C12H13NO2/c14-12(15)7-6-9-3-1-5-11-10(9)4-2-8-13-11/h2-4,8H,1,5-7H2,(H,14,15). The summed E-state index contributed by atoms with van der Waals surface area (Å²) in [5.74, 6) is -0.744. The lowest BCUT2D eigenvalue weighted by Gasteiger charge is -2.15. The topological polar surface area (TPSA) is 50.2 Å². The molecule has 0 radical (unpaired) electrons. The maximum Gasteiger partial charge on any atom is 0.303 e. The summed E-state index contributed by atoms with van der Waals surface area (Å²) >= 11 is 0. The molecule has 78 valence electrons. The highest BCUT2D eigenvalue weighted by molar-refractivity contribution is 5.74. The van der Waals surface area contributed by atoms with Crippen LogP contribution in [0.4, 0.5) is 0 Å². The van der Waals surface area contributed by atoms with E-state index in [1.54, 1.807) is 6.20 Å². The first kappa shape index (κ1) is 9.90. The number of carboxylic acids is 1. The fourth-order valence-electron chi connectivity index (χ4n) is 1.90. The average molecular weight is 203 g/mol. The van der Waals surface area contributed by atoms with Gasteiger partial charge in [-0.25, -0.2) is 0 Å². The second-order valence-corrected chi connectivity index (χ2v) is 3.66. The number of fused-ring (bicyclic) bond motifs is 1. The molecule has 0 atom stereocenters. The van der Waals surface area contributed by atoms with Crippen LogP contribution in [0.2, 0.25) is 0 Å². The largest absolute Gasteiger partial charge is 0.481 e. The third-order valence-corrected chi connectivity index (χ3v) is 2.62. The Kier molecular flexibility index (Phi) is 2.81. The normalized spacial score (nSPS) is 14.3. The van der Waals surface area contributed by atoms with Gasteiger partial charge in [-0.05, 0) is 36.5 Å². The van der Waals surface area contributed by atoms with E-state index in [0.29, 0.717) is 6.42 Å². The van der Waals surface area contributed by atoms with Crippen molar-refractivity contribution in [2.24, 2.45) is 0 Å². The Balaban J connectivity index is 2.19. The van der Waals surface area contributed by atoms with Gasteiger partial charge in [0.25, 0.3) is 0 Å². The molecule has 0 amide bonds. The number of carboxylic acid groups (broad SMARTS) is 1. The number of allylic oxidation sites excluding steroid dienone is 2. The molecule has 0 aromatic carbocycles. The van der Waals surface area contributed by atoms with Gasteiger partial charge < -0.3 is 5.11 Å². The van der Waals surface area contributed by atoms with Crippen LogP contribution in [0.1, 0.15) is 30.5 Å². The second kappa shape index (κ2) is 4.26. The zero-order valence-electron chi connectivity index (χ0n) is 8.44. The Morgan fingerprint density at radius 1 is 1.53 bits per heavy atom. The first-order valence-corrected chi connectivity index (χ1v) is 5.12. The van der Waals surface area contributed by atoms with E-state index in [4.69, 9.17) is 5.11 Å². The van der Waals surface area contributed by atoms with Gasteiger partial charge >= 0.3 is 5.97 Å². The molecule has 15 heavy (non-hydrogen) atoms. The molecular formula is C12H13NO2. The Morgan fingerprint density at radius 3 is 3.20 bits per heavy atom. The number of rotatable bonds is 3. The molecule has 0 saturated heterocycles. The average Bonchev–Trinajstić information content (AvgIpc) is 2.26. The molecule has 1 N–H and O–H groups in total. The molecule has 3 nitrogen and oxygen atoms in total. The van der Waals surface area contributed by atoms with E-state index < -0.39 is 5.97 Å². The molecule has 0 fully saturated rings. The van der Waals surface area contributed by atoms with E-state index in [1.165, 1.54) is 0 Å². The number of hydrogen-bond acceptors (Lipinski definition) is 2. The van der Waals surface area contributed by atoms with Crippen LogP contribution in [0, 0.1) is 0 Å². The summed E-state index contributed by atoms with van der Waals surface area (Å²) in [6, 6.07) is 3.92. The zero-order chi connectivity index (χ0) is 10.7. The molecule has 0 unspecified atom stereocenters. The predicted molar refractivity (Wildman–Crippen MR) is 57.4 cm³/mol. The first-order chi connectivity index (χ1) is 7.27. The molecule has 1 aromatic rings. The zero-order valence-corrected chi connectivity index (χ0v) is 8.44. The van der Waals surface area contributed by atoms with Crippen LogP contribution in [0.5, 0.6) is 0 Å². The van der Waals surface area contributed by atoms with E-state index >= 15 is 0 Å². The number of carbonyl (C=O) groups is 1. The summed E-state index contributed by atoms with van der Waals surface area (Å²) in [7, 11) is 0. The van der Waals surface area contributed by atoms with E-state index in [9.17, 15) is 4.79 Å². The maximum atomic E-state index is 10.5. The molecule has 0 aliphatic heterocycles. The highest BCUT2D eigenvalue weighted by Gasteiger charge is 2.13. The van der Waals surface area contributed by atoms with Crippen LogP contribution in [0.3, 0.4) is 0 Å². The lowest BCUT2D eigenvalue weighted by molar-refractivity contribution is -0.136. The van der Waals surface area contributed by atoms with Crippen LogP contribution >= 0.6 is 0 Å². The molecule has 2 rings (SSSR count). The van der Waals surface area contributed by atoms with Crippen molar-refractivity contribution >= 4 is 11.5 Å². The van der Waals surface area contributed by atoms with E-state index in [0.717, 1.165) is 29.7 Å². The van der Waals surface area contributed by atoms with Crippen molar-refractivity contribution in [3.05, 3.63) is 35.7 Å². The van der Waals surface area contributed by atoms with Crippen LogP contribution in [0.25, 0.3) is 5.57 Å². The van der Waals surface area contributed by atoms with E-state index in [1.807, 2.05) is 12.1 Å². The smallest absolute Gasteiger partial charge is 0.303 e. The van der Waals surface area contributed by atoms with E-state index in [-0.39, 0.29) is 6.42 Å². The minimum atomic E-state index is -0.744. The molecule has 1 aliphatic carbocycles. The minimum absolute atomic E-state index is 0.195. The Labute approximate surface area is 88.5 Å². The lowest BCUT2D eigenvalue weighted by atomic mass is 9.92. The highest BCUT2D eigenvalue weighted by Crippen LogP contribution is 2.27. The lowest BCUT2D eigenvalue weighted by Crippen LogP contribution is -2.04. The molecule has 1 heterocycles. The van der Waals surface area contributed by atoms with Crippen molar-refractivity contribution in [1.82, 2.24) is 4.98 Å². The Morgan fingerprint density at radius 2 is 2.40 bits per heavy atom. The molecule has 0 saturated carbocycles. The third-order valence-electron chi connectivity index (χ3n) is 2.62. The van der Waals surface area contributed by atoms with Gasteiger partial charge in [0.05, 0.1) is 0 Å². The number of aryl methyl sites for hydroxylation is 1. The van der Waals surface area contributed by atoms with Gasteiger partial charge in [0.2, 0.25) is 0 Å². The Hall–Kier alpha value is -1.64. The number of aliphatic carboxylic acids is 1. The number of nitrogens with zero attached hydrogens (tertiary/aromatic N) is 1. The minimum Gasteiger partial charge on any atom is -0.481 e. The van der Waals surface area contributed by atoms with Gasteiger partial charge in [0.15, 0.2) is 0 Å². The van der Waals surface area contributed by atoms with Crippen molar-refractivity contribution in [3.63, 3.8) is 0 Å². The van der Waals surface area contributed by atoms with Crippen molar-refractivity contribution in [2.45, 2.75) is 25.7 Å². The summed E-state index contributed by atoms with van der Waals surface area (Å²) in [6.07, 6.45) is 6.66. The van der Waals surface area contributed by atoms with Gasteiger partial charge in [0, 0.05) is 18.3 Å². The summed E-state index contributed by atoms with van der Waals surface area (Å²) in [5.41, 5.74) is 3.36. The van der Waals surface area contributed by atoms with Gasteiger partial charge in [-0.1, -0.05) is 12.1 Å². The Bertz CT molecular complexity index is 410. The van der Waals surface area contributed by atoms with E-state index in [2.05, 4.69) is 11.1 Å². The fraction of sp³-hybridized carbons (Fsp3) is 0.333. The molecule has 3 heteroatoms. The fourth-order valence-corrected chi connectivity index (χ4v) is 1.90. The van der Waals surface area contributed by atoms with Crippen LogP contribution in [-0.2, 0) is 11.2 Å². The third kappa shape index (κ3) is 2.24. The van der Waals surface area contributed by atoms with Gasteiger partial charge in [-0.15, -0.1) is 0 Å². The number of pyridine rings is 1. The SMILES string of the molecule is O=C(O)CCC1=CCCc2ncccc21. The van der Waals surface area contributed by atoms with Gasteiger partial charge in [-0.3, -0.25) is 9.78 Å². The summed E-state index contributed by atoms with van der Waals surface area (Å²) in [6.45, 7) is 0. The molecule has 1 aromatic heterocycles. The van der Waals surface area contributed by atoms with Crippen molar-refractivity contribution in [3.8, 4) is 0 Å². The molecular weight excluding hydrogens is 190 g/mol. The van der Waals surface area contributed by atoms with Crippen molar-refractivity contribution in [2.75, 3.05) is 0 Å². The summed E-state index contributed by atoms with van der Waals surface area (Å²) < 4.78 is 0. The van der Waals surface area contributed by atoms with Crippen molar-refractivity contribution in [1.29, 1.82) is 0 Å². The first-order valence-electron chi connectivity index (χ1n) is 5.12. The summed E-state index contributed by atoms with van der Waals surface area (Å²) in [5, 5.41) is 8.65. The number of aromatic nitrogens is 1. The highest BCUT2D eigenvalue weighted by atomic mass is 16.4. The van der Waals surface area contributed by atoms with Gasteiger partial charge in [0.1, 0.15) is 0 Å². The monoisotopic (exact) mass is 203 g/mol. The second-order valence-electron chi connectivity index (χ2n) is 3.66. The van der Waals surface area contributed by atoms with Crippen LogP contribution in [-0.4, -0.2) is 16.1 Å². The van der Waals surface area contributed by atoms with Crippen molar-refractivity contribution < 1.29 is 9.90 Å². The maximum absolute atomic E-state index is 10.5. The quantitative estimate of drug-likeness (QED) is 0.819. The van der Waals surface area contributed by atoms with Gasteiger partial charge in [-0.2, -0.15) is 0 Å². The van der Waals surface area contributed by atoms with Crippen LogP contribution < -0.4 is 0 Å². The molecule has 0 bridgehead atoms. The number of hydrogen-bond donors (Lipinski definition) is 1.